The van der Waals surface area contributed by atoms with E-state index in [1.807, 2.05) is 54.5 Å². The predicted molar refractivity (Wildman–Crippen MR) is 326 cm³/mol. The zero-order valence-corrected chi connectivity index (χ0v) is 53.9. The standard InChI is InChI=1S/C48H74N11O11P.C10H12N5O3.Co/c1-23(70-71(67,68)69)22-55-38(66)16-17-45(6)29(18-35(52)63)43-48(9)47(8,21-37(54)65)28(12-15-34(51)62)40(59-48)25(3)42-46(7,20-36(53)64)26(10-13-32(49)60)30(56-42)19-31-44(4,5)27(11-14-33(50)61)39(57-31)24(2)41(45)58-43;1-4-6(16)7(17)10(18-4)15-3-14-5-8(11)12-2-13-9(5)15;/h19,23,26-29,43H,10-18,20-22H2,1-9H3,(H16,49,50,51,52,53,54,55,56,57,58,59,60,61,62,63,64,65,66,67,68,69);2-4,6-7,10,16-17H,1H2,(H2,11,12,13);/q;-1;+2/p-1. The van der Waals surface area contributed by atoms with Gasteiger partial charge in [0.05, 0.1) is 29.8 Å². The zero-order valence-electron chi connectivity index (χ0n) is 52.0. The monoisotopic (exact) mass is 1320 g/mol. The average molecular weight is 1320 g/mol. The van der Waals surface area contributed by atoms with Gasteiger partial charge < -0.3 is 82.4 Å². The van der Waals surface area contributed by atoms with Gasteiger partial charge in [-0.2, -0.15) is 5.70 Å². The first-order valence-corrected chi connectivity index (χ1v) is 30.9. The van der Waals surface area contributed by atoms with Crippen molar-refractivity contribution in [1.29, 1.82) is 0 Å². The van der Waals surface area contributed by atoms with Gasteiger partial charge in [0.25, 0.3) is 0 Å². The number of hydrogen-bond acceptors (Lipinski definition) is 19. The fraction of sp³-hybridized carbons (Fsp3) is 0.621. The van der Waals surface area contributed by atoms with Crippen molar-refractivity contribution in [3.05, 3.63) is 59.2 Å². The quantitative estimate of drug-likeness (QED) is 0.0554. The molecule has 8 heterocycles. The fourth-order valence-corrected chi connectivity index (χ4v) is 15.0. The molecule has 1 radical (unpaired) electrons. The van der Waals surface area contributed by atoms with Gasteiger partial charge in [-0.25, -0.2) is 19.5 Å². The maximum atomic E-state index is 13.7. The van der Waals surface area contributed by atoms with Crippen molar-refractivity contribution in [2.45, 2.75) is 175 Å². The first kappa shape index (κ1) is 72.2. The minimum absolute atomic E-state index is 0. The van der Waals surface area contributed by atoms with Crippen molar-refractivity contribution in [2.75, 3.05) is 12.3 Å². The Morgan fingerprint density at radius 1 is 0.778 bits per heavy atom. The van der Waals surface area contributed by atoms with Gasteiger partial charge in [0.15, 0.2) is 17.7 Å². The molecule has 2 aromatic rings. The maximum Gasteiger partial charge on any atom is 2.00 e. The Morgan fingerprint density at radius 2 is 1.37 bits per heavy atom. The molecular weight excluding hydrogens is 1230 g/mol. The van der Waals surface area contributed by atoms with Crippen LogP contribution in [0.5, 0.6) is 0 Å². The molecule has 495 valence electrons. The second kappa shape index (κ2) is 27.2. The van der Waals surface area contributed by atoms with E-state index in [0.29, 0.717) is 56.5 Å². The van der Waals surface area contributed by atoms with Crippen molar-refractivity contribution >= 4 is 83.3 Å². The molecule has 2 fully saturated rings. The Labute approximate surface area is 531 Å². The average Bonchev–Trinajstić information content (AvgIpc) is 1.53. The number of fused-ring (bicyclic) bond motifs is 7. The maximum absolute atomic E-state index is 13.7. The van der Waals surface area contributed by atoms with Crippen LogP contribution < -0.4 is 45.5 Å². The number of phosphoric acid groups is 1. The van der Waals surface area contributed by atoms with Crippen LogP contribution in [0.25, 0.3) is 16.5 Å². The van der Waals surface area contributed by atoms with Gasteiger partial charge in [-0.05, 0) is 88.0 Å². The number of imidazole rings is 1. The molecule has 8 bridgehead atoms. The number of aliphatic hydroxyl groups excluding tert-OH is 2. The Morgan fingerprint density at radius 3 is 1.91 bits per heavy atom. The summed E-state index contributed by atoms with van der Waals surface area (Å²) >= 11 is 0. The van der Waals surface area contributed by atoms with Crippen LogP contribution in [0.1, 0.15) is 139 Å². The number of carbonyl (C=O) groups is 7. The van der Waals surface area contributed by atoms with Gasteiger partial charge in [-0.3, -0.25) is 57.6 Å². The number of nitrogens with two attached hydrogens (primary N) is 7. The molecule has 2 aromatic heterocycles. The third-order valence-electron chi connectivity index (χ3n) is 19.3. The number of aromatic nitrogens is 4. The summed E-state index contributed by atoms with van der Waals surface area (Å²) in [5, 5.41) is 27.8. The summed E-state index contributed by atoms with van der Waals surface area (Å²) in [5.74, 6) is -6.76. The first-order chi connectivity index (χ1) is 41.2. The molecule has 8 rings (SSSR count). The van der Waals surface area contributed by atoms with Crippen molar-refractivity contribution in [3.63, 3.8) is 0 Å². The van der Waals surface area contributed by atoms with Crippen molar-refractivity contribution in [2.24, 2.45) is 94.7 Å². The number of nitrogens with one attached hydrogen (secondary N) is 1. The summed E-state index contributed by atoms with van der Waals surface area (Å²) in [4.78, 5) is 139. The van der Waals surface area contributed by atoms with Crippen LogP contribution in [0, 0.1) is 52.3 Å². The number of allylic oxidation sites excluding steroid dienone is 6. The summed E-state index contributed by atoms with van der Waals surface area (Å²) in [5.41, 5.74) is 40.2. The number of rotatable bonds is 23. The van der Waals surface area contributed by atoms with Crippen molar-refractivity contribution in [3.8, 4) is 0 Å². The Kier molecular flexibility index (Phi) is 21.8. The van der Waals surface area contributed by atoms with Crippen molar-refractivity contribution < 1.29 is 84.2 Å². The van der Waals surface area contributed by atoms with Crippen molar-refractivity contribution in [1.82, 2.24) is 24.8 Å². The number of nitrogen functional groups attached to an aromatic ring is 1. The summed E-state index contributed by atoms with van der Waals surface area (Å²) in [7, 11) is -4.86. The molecule has 30 nitrogen and oxygen atoms in total. The van der Waals surface area contributed by atoms with Gasteiger partial charge in [0.2, 0.25) is 41.4 Å². The molecule has 0 aliphatic carbocycles. The second-order valence-electron chi connectivity index (χ2n) is 25.8. The van der Waals surface area contributed by atoms with E-state index in [4.69, 9.17) is 69.7 Å². The number of primary amides is 6. The third-order valence-corrected chi connectivity index (χ3v) is 19.9. The van der Waals surface area contributed by atoms with Crippen LogP contribution in [0.15, 0.2) is 61.9 Å². The zero-order chi connectivity index (χ0) is 66.4. The van der Waals surface area contributed by atoms with Crippen LogP contribution in [0.3, 0.4) is 0 Å². The van der Waals surface area contributed by atoms with Crippen LogP contribution in [-0.2, 0) is 64.2 Å². The minimum atomic E-state index is -4.86. The molecular formula is C58H85CoN16O14P. The number of aliphatic hydroxyl groups is 2. The Hall–Kier alpha value is -6.83. The predicted octanol–water partition coefficient (Wildman–Crippen LogP) is 1.50. The number of anilines is 1. The van der Waals surface area contributed by atoms with E-state index in [0.717, 1.165) is 0 Å². The molecule has 14 unspecified atom stereocenters. The largest absolute Gasteiger partial charge is 2.00 e. The molecule has 0 saturated carbocycles. The van der Waals surface area contributed by atoms with Crippen LogP contribution >= 0.6 is 7.82 Å². The third kappa shape index (κ3) is 14.3. The number of ether oxygens (including phenoxy) is 1. The van der Waals surface area contributed by atoms with E-state index >= 15 is 0 Å². The molecule has 7 amide bonds. The molecule has 6 aliphatic heterocycles. The summed E-state index contributed by atoms with van der Waals surface area (Å²) in [6.45, 7) is 19.7. The van der Waals surface area contributed by atoms with E-state index in [1.165, 1.54) is 24.1 Å². The topological polar surface area (TPSA) is 525 Å². The number of nitrogens with zero attached hydrogens (tertiary/aromatic N) is 8. The van der Waals surface area contributed by atoms with Gasteiger partial charge in [0, 0.05) is 108 Å². The SMILES string of the molecule is CC1=C2N=C(C=C3N=C(C(C)=C4[N-]C(C(CC(N)=O)C4(C)CCC(=O)NCC(C)OP(=O)(O)O)C4(C)N=C1C(CCC(N)=O)C4(C)CC(N)=O)C(CCC(N)=O)C3(C)C)C(CCC(N)=O)C2(C)CC(N)=O.[CH2-]C1OC(n2cnc3c(N)ncnc32)C(O)C1O.[Co+2]. The Balaban J connectivity index is 0.000000573. The molecule has 6 aliphatic rings. The Bertz CT molecular complexity index is 3450. The van der Waals surface area contributed by atoms with E-state index in [9.17, 15) is 58.1 Å². The number of aliphatic imine (C=N–C) groups is 3. The molecule has 0 aromatic carbocycles. The normalized spacial score (nSPS) is 31.2. The number of phosphoric ester groups is 1. The van der Waals surface area contributed by atoms with Crippen LogP contribution in [0.4, 0.5) is 5.82 Å². The fourth-order valence-electron chi connectivity index (χ4n) is 14.5. The van der Waals surface area contributed by atoms with E-state index in [2.05, 4.69) is 27.2 Å². The summed E-state index contributed by atoms with van der Waals surface area (Å²) in [6, 6.07) is -0.998. The first-order valence-electron chi connectivity index (χ1n) is 29.3. The molecule has 2 saturated heterocycles. The number of amides is 7. The van der Waals surface area contributed by atoms with Gasteiger partial charge in [0.1, 0.15) is 17.9 Å². The van der Waals surface area contributed by atoms with E-state index in [1.54, 1.807) is 6.92 Å². The van der Waals surface area contributed by atoms with Crippen LogP contribution in [0.2, 0.25) is 0 Å². The van der Waals surface area contributed by atoms with Crippen LogP contribution in [-0.4, -0.2) is 141 Å². The van der Waals surface area contributed by atoms with Gasteiger partial charge in [-0.1, -0.05) is 40.7 Å². The molecule has 14 atom stereocenters. The smallest absolute Gasteiger partial charge is 0.682 e. The second-order valence-corrected chi connectivity index (χ2v) is 27.0. The summed E-state index contributed by atoms with van der Waals surface area (Å²) in [6.07, 6.45) is -0.796. The number of hydrogen-bond donors (Lipinski definition) is 12. The molecule has 32 heteroatoms. The molecule has 0 spiro atoms. The van der Waals surface area contributed by atoms with Gasteiger partial charge >= 0.3 is 24.6 Å². The van der Waals surface area contributed by atoms with E-state index in [-0.39, 0.29) is 99.8 Å². The molecule has 90 heavy (non-hydrogen) atoms. The molecule has 19 N–H and O–H groups in total. The van der Waals surface area contributed by atoms with E-state index < -0.39 is 137 Å². The number of carbonyl (C=O) groups excluding carboxylic acids is 7. The summed E-state index contributed by atoms with van der Waals surface area (Å²) < 4.78 is 23.1. The minimum Gasteiger partial charge on any atom is -0.682 e. The van der Waals surface area contributed by atoms with Gasteiger partial charge in [-0.15, -0.1) is 0 Å².